The fourth-order valence-electron chi connectivity index (χ4n) is 5.10. The predicted octanol–water partition coefficient (Wildman–Crippen LogP) is 1.10. The number of carbonyl (C=O) groups excluding carboxylic acids is 1. The fraction of sp³-hybridized carbons (Fsp3) is 0.591. The number of esters is 1. The van der Waals surface area contributed by atoms with Gasteiger partial charge in [-0.15, -0.1) is 5.10 Å². The van der Waals surface area contributed by atoms with Crippen molar-refractivity contribution < 1.29 is 14.6 Å². The maximum Gasteiger partial charge on any atom is 0.335 e. The highest BCUT2D eigenvalue weighted by Crippen LogP contribution is 2.42. The van der Waals surface area contributed by atoms with E-state index in [-0.39, 0.29) is 5.97 Å². The van der Waals surface area contributed by atoms with E-state index in [0.29, 0.717) is 24.4 Å². The second-order valence-corrected chi connectivity index (χ2v) is 9.16. The Morgan fingerprint density at radius 1 is 1.16 bits per heavy atom. The molecule has 10 heteroatoms. The van der Waals surface area contributed by atoms with Gasteiger partial charge in [0.2, 0.25) is 0 Å². The molecule has 5 rings (SSSR count). The minimum Gasteiger partial charge on any atom is -0.456 e. The lowest BCUT2D eigenvalue weighted by atomic mass is 9.71. The average Bonchev–Trinajstić information content (AvgIpc) is 3.47. The lowest BCUT2D eigenvalue weighted by Crippen LogP contribution is -2.47. The van der Waals surface area contributed by atoms with Gasteiger partial charge in [0.05, 0.1) is 17.4 Å². The molecule has 2 aromatic rings. The van der Waals surface area contributed by atoms with E-state index in [4.69, 9.17) is 4.74 Å². The van der Waals surface area contributed by atoms with Crippen LogP contribution >= 0.6 is 0 Å². The van der Waals surface area contributed by atoms with Crippen molar-refractivity contribution in [2.24, 2.45) is 5.41 Å². The number of aliphatic hydroxyl groups is 1. The van der Waals surface area contributed by atoms with Gasteiger partial charge in [-0.25, -0.2) is 9.78 Å². The van der Waals surface area contributed by atoms with E-state index in [1.54, 1.807) is 6.20 Å². The smallest absolute Gasteiger partial charge is 0.335 e. The van der Waals surface area contributed by atoms with E-state index in [0.717, 1.165) is 68.7 Å². The zero-order chi connectivity index (χ0) is 22.1. The van der Waals surface area contributed by atoms with Crippen LogP contribution in [0.15, 0.2) is 35.9 Å². The number of hydrogen-bond acceptors (Lipinski definition) is 9. The minimum absolute atomic E-state index is 0.174. The SMILES string of the molecule is CC1=C(N2CCC3(CCN(CC(O)c4ccc(-n5cnnn5)nc4)CC3)CC2)COC1=O. The Kier molecular flexibility index (Phi) is 5.64. The van der Waals surface area contributed by atoms with Gasteiger partial charge in [0.15, 0.2) is 5.82 Å². The number of pyridine rings is 1. The van der Waals surface area contributed by atoms with E-state index in [9.17, 15) is 9.90 Å². The first-order valence-electron chi connectivity index (χ1n) is 11.2. The molecule has 0 amide bonds. The molecular formula is C22H29N7O3. The molecule has 2 saturated heterocycles. The summed E-state index contributed by atoms with van der Waals surface area (Å²) < 4.78 is 6.67. The molecule has 3 aliphatic rings. The molecule has 0 radical (unpaired) electrons. The molecule has 0 aliphatic carbocycles. The van der Waals surface area contributed by atoms with E-state index >= 15 is 0 Å². The van der Waals surface area contributed by atoms with Crippen LogP contribution in [0.1, 0.15) is 44.3 Å². The lowest BCUT2D eigenvalue weighted by molar-refractivity contribution is -0.136. The summed E-state index contributed by atoms with van der Waals surface area (Å²) in [6, 6.07) is 3.69. The van der Waals surface area contributed by atoms with Crippen molar-refractivity contribution >= 4 is 5.97 Å². The number of tetrazole rings is 1. The number of aromatic nitrogens is 5. The number of carbonyl (C=O) groups is 1. The first-order chi connectivity index (χ1) is 15.5. The molecule has 10 nitrogen and oxygen atoms in total. The second kappa shape index (κ2) is 8.59. The molecular weight excluding hydrogens is 410 g/mol. The largest absolute Gasteiger partial charge is 0.456 e. The average molecular weight is 440 g/mol. The zero-order valence-electron chi connectivity index (χ0n) is 18.4. The summed E-state index contributed by atoms with van der Waals surface area (Å²) in [5, 5.41) is 21.8. The van der Waals surface area contributed by atoms with Crippen LogP contribution in [0.2, 0.25) is 0 Å². The number of likely N-dealkylation sites (tertiary alicyclic amines) is 2. The predicted molar refractivity (Wildman–Crippen MR) is 114 cm³/mol. The van der Waals surface area contributed by atoms with Crippen molar-refractivity contribution in [2.75, 3.05) is 39.3 Å². The maximum absolute atomic E-state index is 11.7. The van der Waals surface area contributed by atoms with E-state index in [2.05, 4.69) is 30.3 Å². The lowest BCUT2D eigenvalue weighted by Gasteiger charge is -2.47. The molecule has 0 bridgehead atoms. The van der Waals surface area contributed by atoms with Crippen molar-refractivity contribution in [1.82, 2.24) is 35.0 Å². The van der Waals surface area contributed by atoms with Crippen molar-refractivity contribution in [3.8, 4) is 5.82 Å². The van der Waals surface area contributed by atoms with Crippen LogP contribution in [0, 0.1) is 5.41 Å². The third kappa shape index (κ3) is 4.12. The van der Waals surface area contributed by atoms with Crippen LogP contribution in [0.5, 0.6) is 0 Å². The van der Waals surface area contributed by atoms with Crippen LogP contribution < -0.4 is 0 Å². The summed E-state index contributed by atoms with van der Waals surface area (Å²) in [6.07, 6.45) is 7.21. The summed E-state index contributed by atoms with van der Waals surface area (Å²) in [7, 11) is 0. The Balaban J connectivity index is 1.12. The van der Waals surface area contributed by atoms with Crippen molar-refractivity contribution in [1.29, 1.82) is 0 Å². The summed E-state index contributed by atoms with van der Waals surface area (Å²) in [5.74, 6) is 0.448. The highest BCUT2D eigenvalue weighted by Gasteiger charge is 2.39. The fourth-order valence-corrected chi connectivity index (χ4v) is 5.10. The van der Waals surface area contributed by atoms with Gasteiger partial charge in [0.25, 0.3) is 0 Å². The van der Waals surface area contributed by atoms with Gasteiger partial charge in [0.1, 0.15) is 12.9 Å². The van der Waals surface area contributed by atoms with Gasteiger partial charge in [0, 0.05) is 31.4 Å². The summed E-state index contributed by atoms with van der Waals surface area (Å²) in [5.41, 5.74) is 3.02. The Bertz CT molecular complexity index is 971. The van der Waals surface area contributed by atoms with Crippen LogP contribution in [0.4, 0.5) is 0 Å². The van der Waals surface area contributed by atoms with Crippen LogP contribution in [-0.4, -0.2) is 85.4 Å². The summed E-state index contributed by atoms with van der Waals surface area (Å²) in [4.78, 5) is 20.7. The van der Waals surface area contributed by atoms with E-state index in [1.165, 1.54) is 11.0 Å². The molecule has 0 saturated carbocycles. The molecule has 2 aromatic heterocycles. The van der Waals surface area contributed by atoms with Crippen LogP contribution in [0.25, 0.3) is 5.82 Å². The number of rotatable bonds is 5. The van der Waals surface area contributed by atoms with Crippen molar-refractivity contribution in [2.45, 2.75) is 38.7 Å². The zero-order valence-corrected chi connectivity index (χ0v) is 18.4. The Hall–Kier alpha value is -2.85. The molecule has 1 N–H and O–H groups in total. The number of β-amino-alcohol motifs (C(OH)–C–C–N with tert-alkyl or cyclic N) is 1. The highest BCUT2D eigenvalue weighted by atomic mass is 16.5. The molecule has 32 heavy (non-hydrogen) atoms. The summed E-state index contributed by atoms with van der Waals surface area (Å²) in [6.45, 7) is 6.88. The maximum atomic E-state index is 11.7. The molecule has 3 aliphatic heterocycles. The number of aliphatic hydroxyl groups excluding tert-OH is 1. The van der Waals surface area contributed by atoms with Gasteiger partial charge in [-0.1, -0.05) is 6.07 Å². The van der Waals surface area contributed by atoms with E-state index in [1.807, 2.05) is 19.1 Å². The van der Waals surface area contributed by atoms with Crippen molar-refractivity contribution in [3.63, 3.8) is 0 Å². The first-order valence-corrected chi connectivity index (χ1v) is 11.2. The molecule has 1 spiro atoms. The molecule has 1 unspecified atom stereocenters. The Labute approximate surface area is 186 Å². The number of nitrogens with zero attached hydrogens (tertiary/aromatic N) is 7. The summed E-state index contributed by atoms with van der Waals surface area (Å²) >= 11 is 0. The Morgan fingerprint density at radius 3 is 2.50 bits per heavy atom. The molecule has 1 atom stereocenters. The number of piperidine rings is 2. The number of cyclic esters (lactones) is 1. The molecule has 0 aromatic carbocycles. The number of hydrogen-bond donors (Lipinski definition) is 1. The van der Waals surface area contributed by atoms with E-state index < -0.39 is 6.10 Å². The van der Waals surface area contributed by atoms with Gasteiger partial charge < -0.3 is 19.6 Å². The van der Waals surface area contributed by atoms with Crippen LogP contribution in [0.3, 0.4) is 0 Å². The second-order valence-electron chi connectivity index (χ2n) is 9.16. The van der Waals surface area contributed by atoms with Gasteiger partial charge >= 0.3 is 5.97 Å². The quantitative estimate of drug-likeness (QED) is 0.685. The molecule has 5 heterocycles. The molecule has 2 fully saturated rings. The third-order valence-corrected chi connectivity index (χ3v) is 7.37. The van der Waals surface area contributed by atoms with Crippen molar-refractivity contribution in [3.05, 3.63) is 41.5 Å². The monoisotopic (exact) mass is 439 g/mol. The Morgan fingerprint density at radius 2 is 1.91 bits per heavy atom. The van der Waals surface area contributed by atoms with Gasteiger partial charge in [-0.2, -0.15) is 4.68 Å². The normalized spacial score (nSPS) is 22.4. The topological polar surface area (TPSA) is 110 Å². The number of ether oxygens (including phenoxy) is 1. The van der Waals surface area contributed by atoms with Crippen LogP contribution in [-0.2, 0) is 9.53 Å². The molecule has 170 valence electrons. The van der Waals surface area contributed by atoms with Gasteiger partial charge in [-0.3, -0.25) is 0 Å². The standard InChI is InChI=1S/C22H29N7O3/c1-16-18(14-32-21(16)31)28-10-6-22(7-11-28)4-8-27(9-5-22)13-19(30)17-2-3-20(23-12-17)29-15-24-25-26-29/h2-3,12,15,19,30H,4-11,13-14H2,1H3. The highest BCUT2D eigenvalue weighted by molar-refractivity contribution is 5.90. The third-order valence-electron chi connectivity index (χ3n) is 7.37. The minimum atomic E-state index is -0.573. The first kappa shape index (κ1) is 21.0. The van der Waals surface area contributed by atoms with Gasteiger partial charge in [-0.05, 0) is 67.6 Å².